The molecule has 0 aliphatic carbocycles. The molecule has 1 fully saturated rings. The minimum atomic E-state index is -0.635. The smallest absolute Gasteiger partial charge is 0.252 e. The van der Waals surface area contributed by atoms with Gasteiger partial charge in [-0.2, -0.15) is 5.10 Å². The van der Waals surface area contributed by atoms with Gasteiger partial charge in [-0.05, 0) is 64.0 Å². The van der Waals surface area contributed by atoms with E-state index in [-0.39, 0.29) is 23.9 Å². The van der Waals surface area contributed by atoms with Crippen LogP contribution in [0.4, 0.5) is 5.69 Å². The van der Waals surface area contributed by atoms with Crippen molar-refractivity contribution in [1.82, 2.24) is 15.1 Å². The van der Waals surface area contributed by atoms with Crippen LogP contribution < -0.4 is 15.4 Å². The van der Waals surface area contributed by atoms with E-state index in [2.05, 4.69) is 29.6 Å². The van der Waals surface area contributed by atoms with Crippen molar-refractivity contribution in [3.05, 3.63) is 42.2 Å². The third-order valence-electron chi connectivity index (χ3n) is 5.12. The largest absolute Gasteiger partial charge is 0.487 e. The molecule has 1 aromatic carbocycles. The average molecular weight is 377 g/mol. The monoisotopic (exact) mass is 376 g/mol. The molecule has 3 heterocycles. The maximum atomic E-state index is 13.2. The van der Waals surface area contributed by atoms with Gasteiger partial charge >= 0.3 is 0 Å². The number of hydrogen-bond acceptors (Lipinski definition) is 4. The van der Waals surface area contributed by atoms with Crippen molar-refractivity contribution in [3.8, 4) is 5.75 Å². The zero-order chi connectivity index (χ0) is 17.5. The molecule has 0 saturated carbocycles. The molecule has 0 atom stereocenters. The molecule has 0 radical (unpaired) electrons. The minimum absolute atomic E-state index is 0. The number of carbonyl (C=O) groups is 1. The molecule has 1 amide bonds. The van der Waals surface area contributed by atoms with E-state index in [1.54, 1.807) is 6.20 Å². The fourth-order valence-electron chi connectivity index (χ4n) is 3.86. The standard InChI is InChI=1S/C19H24N4O2.ClH/c1-18(2)13-14-12-15(4-5-16(14)25-18)22-17(24)19(6-9-20-10-7-19)23-11-3-8-21-23;/h3-5,8,11-12,20H,6-7,9-10,13H2,1-2H3,(H,22,24);1H. The molecule has 2 aromatic rings. The fraction of sp³-hybridized carbons (Fsp3) is 0.474. The van der Waals surface area contributed by atoms with E-state index < -0.39 is 5.54 Å². The summed E-state index contributed by atoms with van der Waals surface area (Å²) in [7, 11) is 0. The summed E-state index contributed by atoms with van der Waals surface area (Å²) in [4.78, 5) is 13.2. The Hall–Kier alpha value is -2.05. The highest BCUT2D eigenvalue weighted by atomic mass is 35.5. The van der Waals surface area contributed by atoms with Crippen LogP contribution in [-0.4, -0.2) is 34.4 Å². The zero-order valence-electron chi connectivity index (χ0n) is 15.1. The van der Waals surface area contributed by atoms with Crippen LogP contribution >= 0.6 is 12.4 Å². The first-order valence-corrected chi connectivity index (χ1v) is 8.83. The molecule has 0 spiro atoms. The highest BCUT2D eigenvalue weighted by molar-refractivity contribution is 5.97. The SMILES string of the molecule is CC1(C)Cc2cc(NC(=O)C3(n4cccn4)CCNCC3)ccc2O1.Cl. The zero-order valence-corrected chi connectivity index (χ0v) is 15.9. The van der Waals surface area contributed by atoms with Crippen LogP contribution in [0.1, 0.15) is 32.3 Å². The predicted octanol–water partition coefficient (Wildman–Crippen LogP) is 2.74. The highest BCUT2D eigenvalue weighted by Gasteiger charge is 2.42. The lowest BCUT2D eigenvalue weighted by Crippen LogP contribution is -2.52. The number of halogens is 1. The van der Waals surface area contributed by atoms with Crippen LogP contribution in [0.5, 0.6) is 5.75 Å². The van der Waals surface area contributed by atoms with Gasteiger partial charge < -0.3 is 15.4 Å². The number of carbonyl (C=O) groups excluding carboxylic acids is 1. The molecule has 2 aliphatic heterocycles. The Morgan fingerprint density at radius 3 is 2.77 bits per heavy atom. The van der Waals surface area contributed by atoms with E-state index in [4.69, 9.17) is 4.74 Å². The normalized spacial score (nSPS) is 19.8. The molecule has 2 aliphatic rings. The van der Waals surface area contributed by atoms with Gasteiger partial charge in [-0.1, -0.05) is 0 Å². The number of rotatable bonds is 3. The van der Waals surface area contributed by atoms with E-state index in [0.29, 0.717) is 0 Å². The van der Waals surface area contributed by atoms with Crippen molar-refractivity contribution in [2.24, 2.45) is 0 Å². The number of piperidine rings is 1. The molecule has 2 N–H and O–H groups in total. The van der Waals surface area contributed by atoms with Crippen LogP contribution in [0, 0.1) is 0 Å². The van der Waals surface area contributed by atoms with Crippen LogP contribution in [0.25, 0.3) is 0 Å². The molecular formula is C19H25ClN4O2. The fourth-order valence-corrected chi connectivity index (χ4v) is 3.86. The van der Waals surface area contributed by atoms with Crippen LogP contribution in [0.15, 0.2) is 36.7 Å². The Kier molecular flexibility index (Phi) is 4.99. The highest BCUT2D eigenvalue weighted by Crippen LogP contribution is 2.37. The molecule has 1 aromatic heterocycles. The van der Waals surface area contributed by atoms with Crippen LogP contribution in [-0.2, 0) is 16.8 Å². The molecule has 4 rings (SSSR count). The van der Waals surface area contributed by atoms with Gasteiger partial charge in [0.15, 0.2) is 0 Å². The van der Waals surface area contributed by atoms with Gasteiger partial charge in [0, 0.05) is 30.1 Å². The first kappa shape index (κ1) is 18.7. The molecule has 26 heavy (non-hydrogen) atoms. The van der Waals surface area contributed by atoms with E-state index in [1.165, 1.54) is 0 Å². The van der Waals surface area contributed by atoms with E-state index in [9.17, 15) is 4.79 Å². The van der Waals surface area contributed by atoms with Gasteiger partial charge in [-0.3, -0.25) is 9.48 Å². The van der Waals surface area contributed by atoms with Gasteiger partial charge in [0.25, 0.3) is 5.91 Å². The van der Waals surface area contributed by atoms with Gasteiger partial charge in [0.2, 0.25) is 0 Å². The van der Waals surface area contributed by atoms with E-state index in [1.807, 2.05) is 35.1 Å². The first-order chi connectivity index (χ1) is 12.0. The van der Waals surface area contributed by atoms with Crippen molar-refractivity contribution in [2.45, 2.75) is 44.2 Å². The average Bonchev–Trinajstić information content (AvgIpc) is 3.21. The number of nitrogens with one attached hydrogen (secondary N) is 2. The molecular weight excluding hydrogens is 352 g/mol. The second-order valence-electron chi connectivity index (χ2n) is 7.55. The third kappa shape index (κ3) is 3.31. The van der Waals surface area contributed by atoms with Gasteiger partial charge in [-0.25, -0.2) is 0 Å². The number of fused-ring (bicyclic) bond motifs is 1. The Bertz CT molecular complexity index is 783. The topological polar surface area (TPSA) is 68.2 Å². The summed E-state index contributed by atoms with van der Waals surface area (Å²) in [6.45, 7) is 5.76. The maximum absolute atomic E-state index is 13.2. The lowest BCUT2D eigenvalue weighted by Gasteiger charge is -2.36. The second-order valence-corrected chi connectivity index (χ2v) is 7.55. The van der Waals surface area contributed by atoms with Crippen molar-refractivity contribution in [1.29, 1.82) is 0 Å². The first-order valence-electron chi connectivity index (χ1n) is 8.83. The number of ether oxygens (including phenoxy) is 1. The number of amides is 1. The summed E-state index contributed by atoms with van der Waals surface area (Å²) in [6.07, 6.45) is 5.90. The molecule has 6 nitrogen and oxygen atoms in total. The molecule has 1 saturated heterocycles. The van der Waals surface area contributed by atoms with Crippen LogP contribution in [0.3, 0.4) is 0 Å². The summed E-state index contributed by atoms with van der Waals surface area (Å²) >= 11 is 0. The number of benzene rings is 1. The molecule has 0 unspecified atom stereocenters. The Morgan fingerprint density at radius 1 is 1.31 bits per heavy atom. The lowest BCUT2D eigenvalue weighted by molar-refractivity contribution is -0.126. The number of hydrogen-bond donors (Lipinski definition) is 2. The summed E-state index contributed by atoms with van der Waals surface area (Å²) in [5.41, 5.74) is 1.14. The van der Waals surface area contributed by atoms with Gasteiger partial charge in [-0.15, -0.1) is 12.4 Å². The van der Waals surface area contributed by atoms with Gasteiger partial charge in [0.1, 0.15) is 16.9 Å². The number of nitrogens with zero attached hydrogens (tertiary/aromatic N) is 2. The molecule has 140 valence electrons. The van der Waals surface area contributed by atoms with Crippen molar-refractivity contribution in [3.63, 3.8) is 0 Å². The molecule has 7 heteroatoms. The lowest BCUT2D eigenvalue weighted by atomic mass is 9.87. The number of anilines is 1. The quantitative estimate of drug-likeness (QED) is 0.864. The van der Waals surface area contributed by atoms with E-state index >= 15 is 0 Å². The van der Waals surface area contributed by atoms with Crippen molar-refractivity contribution in [2.75, 3.05) is 18.4 Å². The Balaban J connectivity index is 0.00000196. The van der Waals surface area contributed by atoms with Gasteiger partial charge in [0.05, 0.1) is 0 Å². The van der Waals surface area contributed by atoms with Crippen molar-refractivity contribution < 1.29 is 9.53 Å². The summed E-state index contributed by atoms with van der Waals surface area (Å²) < 4.78 is 7.72. The Morgan fingerprint density at radius 2 is 2.08 bits per heavy atom. The molecule has 0 bridgehead atoms. The van der Waals surface area contributed by atoms with Crippen molar-refractivity contribution >= 4 is 24.0 Å². The second kappa shape index (κ2) is 6.93. The predicted molar refractivity (Wildman–Crippen MR) is 103 cm³/mol. The minimum Gasteiger partial charge on any atom is -0.487 e. The third-order valence-corrected chi connectivity index (χ3v) is 5.12. The van der Waals surface area contributed by atoms with Crippen LogP contribution in [0.2, 0.25) is 0 Å². The summed E-state index contributed by atoms with van der Waals surface area (Å²) in [5.74, 6) is 0.905. The Labute approximate surface area is 159 Å². The summed E-state index contributed by atoms with van der Waals surface area (Å²) in [6, 6.07) is 7.75. The number of aromatic nitrogens is 2. The van der Waals surface area contributed by atoms with E-state index in [0.717, 1.165) is 49.4 Å². The maximum Gasteiger partial charge on any atom is 0.252 e. The summed E-state index contributed by atoms with van der Waals surface area (Å²) in [5, 5.41) is 10.8.